The highest BCUT2D eigenvalue weighted by molar-refractivity contribution is 9.10. The summed E-state index contributed by atoms with van der Waals surface area (Å²) in [6.07, 6.45) is 1.87. The molecule has 1 heterocycles. The molecule has 7 nitrogen and oxygen atoms in total. The number of aromatic nitrogens is 2. The molecule has 0 bridgehead atoms. The Labute approximate surface area is 176 Å². The van der Waals surface area contributed by atoms with Gasteiger partial charge in [-0.05, 0) is 53.0 Å². The molecule has 1 aliphatic rings. The minimum absolute atomic E-state index is 0.149. The Morgan fingerprint density at radius 2 is 1.97 bits per heavy atom. The summed E-state index contributed by atoms with van der Waals surface area (Å²) in [5.74, 6) is 0.984. The van der Waals surface area contributed by atoms with E-state index in [4.69, 9.17) is 14.4 Å². The molecule has 0 radical (unpaired) electrons. The zero-order valence-electron chi connectivity index (χ0n) is 15.4. The lowest BCUT2D eigenvalue weighted by atomic mass is 10.2. The normalized spacial score (nSPS) is 13.0. The lowest BCUT2D eigenvalue weighted by Gasteiger charge is -2.20. The number of hydrogen-bond donors (Lipinski definition) is 0. The van der Waals surface area contributed by atoms with E-state index < -0.39 is 0 Å². The Hall–Kier alpha value is -3.18. The fourth-order valence-electron chi connectivity index (χ4n) is 2.92. The molecule has 1 saturated carbocycles. The molecule has 1 fully saturated rings. The van der Waals surface area contributed by atoms with Crippen molar-refractivity contribution >= 4 is 21.8 Å². The summed E-state index contributed by atoms with van der Waals surface area (Å²) in [5, 5.41) is 17.3. The molecule has 0 N–H and O–H groups in total. The molecule has 0 spiro atoms. The summed E-state index contributed by atoms with van der Waals surface area (Å²) in [4.78, 5) is 14.5. The largest absolute Gasteiger partial charge is 0.482 e. The smallest absolute Gasteiger partial charge is 0.261 e. The van der Waals surface area contributed by atoms with Crippen molar-refractivity contribution in [1.82, 2.24) is 15.1 Å². The Balaban J connectivity index is 1.44. The molecule has 8 heteroatoms. The van der Waals surface area contributed by atoms with Crippen LogP contribution in [0.2, 0.25) is 0 Å². The number of para-hydroxylation sites is 1. The number of nitriles is 1. The first kappa shape index (κ1) is 19.2. The summed E-state index contributed by atoms with van der Waals surface area (Å²) >= 11 is 3.47. The van der Waals surface area contributed by atoms with Gasteiger partial charge in [-0.15, -0.1) is 10.2 Å². The monoisotopic (exact) mass is 452 g/mol. The van der Waals surface area contributed by atoms with Gasteiger partial charge in [0.2, 0.25) is 11.8 Å². The van der Waals surface area contributed by atoms with Gasteiger partial charge < -0.3 is 14.1 Å². The fraction of sp³-hybridized carbons (Fsp3) is 0.238. The molecule has 1 aromatic heterocycles. The molecule has 0 unspecified atom stereocenters. The molecule has 0 saturated heterocycles. The number of carbonyl (C=O) groups excluding carboxylic acids is 1. The van der Waals surface area contributed by atoms with Gasteiger partial charge in [-0.1, -0.05) is 24.3 Å². The Morgan fingerprint density at radius 1 is 1.21 bits per heavy atom. The van der Waals surface area contributed by atoms with E-state index in [1.807, 2.05) is 24.3 Å². The Bertz CT molecular complexity index is 1070. The number of hydrogen-bond acceptors (Lipinski definition) is 6. The molecule has 3 aromatic rings. The van der Waals surface area contributed by atoms with Crippen LogP contribution in [-0.2, 0) is 11.3 Å². The van der Waals surface area contributed by atoms with Crippen molar-refractivity contribution in [3.63, 3.8) is 0 Å². The van der Waals surface area contributed by atoms with Crippen LogP contribution in [-0.4, -0.2) is 33.7 Å². The predicted molar refractivity (Wildman–Crippen MR) is 108 cm³/mol. The average Bonchev–Trinajstić information content (AvgIpc) is 3.48. The number of nitrogens with zero attached hydrogens (tertiary/aromatic N) is 4. The number of benzene rings is 2. The van der Waals surface area contributed by atoms with Gasteiger partial charge in [0.25, 0.3) is 5.91 Å². The van der Waals surface area contributed by atoms with Gasteiger partial charge in [-0.3, -0.25) is 4.79 Å². The SMILES string of the molecule is N#Cc1ccccc1OCC(=O)N(Cc1nnc(-c2ccccc2Br)o1)C1CC1. The molecule has 0 aliphatic heterocycles. The van der Waals surface area contributed by atoms with Crippen LogP contribution < -0.4 is 4.74 Å². The number of rotatable bonds is 7. The maximum atomic E-state index is 12.8. The van der Waals surface area contributed by atoms with Crippen molar-refractivity contribution in [1.29, 1.82) is 5.26 Å². The van der Waals surface area contributed by atoms with E-state index in [2.05, 4.69) is 32.2 Å². The summed E-state index contributed by atoms with van der Waals surface area (Å²) in [7, 11) is 0. The fourth-order valence-corrected chi connectivity index (χ4v) is 3.38. The van der Waals surface area contributed by atoms with Crippen molar-refractivity contribution in [2.24, 2.45) is 0 Å². The summed E-state index contributed by atoms with van der Waals surface area (Å²) in [6, 6.07) is 16.6. The second-order valence-electron chi connectivity index (χ2n) is 6.63. The van der Waals surface area contributed by atoms with Crippen molar-refractivity contribution in [2.75, 3.05) is 6.61 Å². The second-order valence-corrected chi connectivity index (χ2v) is 7.48. The molecule has 146 valence electrons. The first-order valence-electron chi connectivity index (χ1n) is 9.14. The van der Waals surface area contributed by atoms with E-state index in [9.17, 15) is 4.79 Å². The third-order valence-electron chi connectivity index (χ3n) is 4.54. The van der Waals surface area contributed by atoms with Gasteiger partial charge in [0, 0.05) is 10.5 Å². The van der Waals surface area contributed by atoms with Crippen LogP contribution in [0, 0.1) is 11.3 Å². The van der Waals surface area contributed by atoms with Gasteiger partial charge in [0.1, 0.15) is 11.8 Å². The zero-order valence-corrected chi connectivity index (χ0v) is 17.0. The molecule has 1 amide bonds. The highest BCUT2D eigenvalue weighted by Gasteiger charge is 2.34. The summed E-state index contributed by atoms with van der Waals surface area (Å²) in [5.41, 5.74) is 1.19. The van der Waals surface area contributed by atoms with Crippen molar-refractivity contribution < 1.29 is 13.9 Å². The van der Waals surface area contributed by atoms with Crippen molar-refractivity contribution in [3.05, 3.63) is 64.5 Å². The molecule has 2 aromatic carbocycles. The molecular weight excluding hydrogens is 436 g/mol. The minimum atomic E-state index is -0.180. The Kier molecular flexibility index (Phi) is 5.58. The third-order valence-corrected chi connectivity index (χ3v) is 5.23. The Morgan fingerprint density at radius 3 is 2.72 bits per heavy atom. The predicted octanol–water partition coefficient (Wildman–Crippen LogP) is 3.94. The van der Waals surface area contributed by atoms with Crippen LogP contribution in [0.3, 0.4) is 0 Å². The second kappa shape index (κ2) is 8.45. The molecule has 0 atom stereocenters. The van der Waals surface area contributed by atoms with Crippen molar-refractivity contribution in [2.45, 2.75) is 25.4 Å². The molecule has 29 heavy (non-hydrogen) atoms. The van der Waals surface area contributed by atoms with E-state index in [-0.39, 0.29) is 25.1 Å². The lowest BCUT2D eigenvalue weighted by Crippen LogP contribution is -2.36. The third kappa shape index (κ3) is 4.46. The van der Waals surface area contributed by atoms with Gasteiger partial charge in [0.15, 0.2) is 6.61 Å². The number of amides is 1. The maximum absolute atomic E-state index is 12.8. The zero-order chi connectivity index (χ0) is 20.2. The van der Waals surface area contributed by atoms with Crippen LogP contribution in [0.15, 0.2) is 57.4 Å². The average molecular weight is 453 g/mol. The van der Waals surface area contributed by atoms with E-state index in [1.54, 1.807) is 29.2 Å². The van der Waals surface area contributed by atoms with Crippen molar-refractivity contribution in [3.8, 4) is 23.3 Å². The van der Waals surface area contributed by atoms with E-state index in [0.29, 0.717) is 23.1 Å². The van der Waals surface area contributed by atoms with Crippen LogP contribution in [0.4, 0.5) is 0 Å². The highest BCUT2D eigenvalue weighted by Crippen LogP contribution is 2.30. The van der Waals surface area contributed by atoms with Crippen LogP contribution in [0.25, 0.3) is 11.5 Å². The number of carbonyl (C=O) groups is 1. The molecule has 4 rings (SSSR count). The standard InChI is InChI=1S/C21H17BrN4O3/c22-17-7-3-2-6-16(17)21-25-24-19(29-21)12-26(15-9-10-15)20(27)13-28-18-8-4-1-5-14(18)11-23/h1-8,15H,9-10,12-13H2. The number of halogens is 1. The van der Waals surface area contributed by atoms with Gasteiger partial charge >= 0.3 is 0 Å². The van der Waals surface area contributed by atoms with E-state index in [0.717, 1.165) is 22.9 Å². The van der Waals surface area contributed by atoms with Gasteiger partial charge in [0.05, 0.1) is 17.7 Å². The van der Waals surface area contributed by atoms with Gasteiger partial charge in [-0.2, -0.15) is 5.26 Å². The number of ether oxygens (including phenoxy) is 1. The topological polar surface area (TPSA) is 92.2 Å². The minimum Gasteiger partial charge on any atom is -0.482 e. The van der Waals surface area contributed by atoms with Crippen LogP contribution >= 0.6 is 15.9 Å². The summed E-state index contributed by atoms with van der Waals surface area (Å²) < 4.78 is 12.2. The maximum Gasteiger partial charge on any atom is 0.261 e. The molecular formula is C21H17BrN4O3. The van der Waals surface area contributed by atoms with E-state index in [1.165, 1.54) is 0 Å². The van der Waals surface area contributed by atoms with Crippen LogP contribution in [0.1, 0.15) is 24.3 Å². The van der Waals surface area contributed by atoms with Gasteiger partial charge in [-0.25, -0.2) is 0 Å². The first-order valence-corrected chi connectivity index (χ1v) is 9.93. The first-order chi connectivity index (χ1) is 14.2. The lowest BCUT2D eigenvalue weighted by molar-refractivity contribution is -0.134. The van der Waals surface area contributed by atoms with Crippen LogP contribution in [0.5, 0.6) is 5.75 Å². The summed E-state index contributed by atoms with van der Waals surface area (Å²) in [6.45, 7) is 0.0740. The quantitative estimate of drug-likeness (QED) is 0.538. The molecule has 1 aliphatic carbocycles. The van der Waals surface area contributed by atoms with E-state index >= 15 is 0 Å². The highest BCUT2D eigenvalue weighted by atomic mass is 79.9.